The van der Waals surface area contributed by atoms with Gasteiger partial charge in [0.05, 0.1) is 17.1 Å². The Kier molecular flexibility index (Phi) is 7.40. The summed E-state index contributed by atoms with van der Waals surface area (Å²) in [5, 5.41) is 3.34. The van der Waals surface area contributed by atoms with Gasteiger partial charge in [-0.25, -0.2) is 0 Å². The highest BCUT2D eigenvalue weighted by molar-refractivity contribution is 6.36. The van der Waals surface area contributed by atoms with Crippen molar-refractivity contribution in [2.75, 3.05) is 31.6 Å². The molecule has 0 saturated carbocycles. The fraction of sp³-hybridized carbons (Fsp3) is 0.364. The number of halogens is 2. The Morgan fingerprint density at radius 3 is 2.52 bits per heavy atom. The molecule has 0 radical (unpaired) electrons. The standard InChI is InChI=1S/C22H25Cl2N3O2/c1-26(15-16-7-3-4-8-20(16)27-11-5-2-6-12-27)21(28)14-25-22(29)18-10-9-17(23)13-19(18)24/h3-4,7-10,13H,2,5-6,11-12,14-15H2,1H3,(H,25,29). The van der Waals surface area contributed by atoms with Crippen LogP contribution < -0.4 is 10.2 Å². The average molecular weight is 434 g/mol. The van der Waals surface area contributed by atoms with Gasteiger partial charge in [0.2, 0.25) is 5.91 Å². The summed E-state index contributed by atoms with van der Waals surface area (Å²) >= 11 is 11.9. The third kappa shape index (κ3) is 5.64. The maximum Gasteiger partial charge on any atom is 0.253 e. The second-order valence-electron chi connectivity index (χ2n) is 7.23. The number of likely N-dealkylation sites (N-methyl/N-ethyl adjacent to an activating group) is 1. The summed E-state index contributed by atoms with van der Waals surface area (Å²) in [6, 6.07) is 12.8. The third-order valence-corrected chi connectivity index (χ3v) is 5.65. The second kappa shape index (κ2) is 9.99. The molecule has 0 bridgehead atoms. The minimum atomic E-state index is -0.401. The van der Waals surface area contributed by atoms with E-state index in [1.807, 2.05) is 12.1 Å². The summed E-state index contributed by atoms with van der Waals surface area (Å²) in [6.45, 7) is 2.49. The van der Waals surface area contributed by atoms with Gasteiger partial charge in [0.1, 0.15) is 0 Å². The van der Waals surface area contributed by atoms with Gasteiger partial charge in [-0.1, -0.05) is 41.4 Å². The lowest BCUT2D eigenvalue weighted by molar-refractivity contribution is -0.129. The molecule has 1 saturated heterocycles. The molecule has 2 aromatic rings. The quantitative estimate of drug-likeness (QED) is 0.735. The Hall–Kier alpha value is -2.24. The van der Waals surface area contributed by atoms with Crippen LogP contribution in [0, 0.1) is 0 Å². The highest BCUT2D eigenvalue weighted by atomic mass is 35.5. The number of hydrogen-bond acceptors (Lipinski definition) is 3. The van der Waals surface area contributed by atoms with Gasteiger partial charge in [0.15, 0.2) is 0 Å². The number of nitrogens with one attached hydrogen (secondary N) is 1. The number of carbonyl (C=O) groups excluding carboxylic acids is 2. The molecule has 0 aliphatic carbocycles. The molecule has 3 rings (SSSR count). The Labute approximate surface area is 181 Å². The highest BCUT2D eigenvalue weighted by Gasteiger charge is 2.18. The van der Waals surface area contributed by atoms with Crippen molar-refractivity contribution in [1.82, 2.24) is 10.2 Å². The Balaban J connectivity index is 1.59. The summed E-state index contributed by atoms with van der Waals surface area (Å²) < 4.78 is 0. The highest BCUT2D eigenvalue weighted by Crippen LogP contribution is 2.25. The van der Waals surface area contributed by atoms with Crippen molar-refractivity contribution in [3.05, 3.63) is 63.6 Å². The number of hydrogen-bond donors (Lipinski definition) is 1. The van der Waals surface area contributed by atoms with E-state index in [1.165, 1.54) is 31.0 Å². The molecule has 0 spiro atoms. The molecular weight excluding hydrogens is 409 g/mol. The molecule has 2 amide bonds. The van der Waals surface area contributed by atoms with Gasteiger partial charge < -0.3 is 15.1 Å². The summed E-state index contributed by atoms with van der Waals surface area (Å²) in [5.41, 5.74) is 2.59. The summed E-state index contributed by atoms with van der Waals surface area (Å²) in [4.78, 5) is 28.9. The number of anilines is 1. The van der Waals surface area contributed by atoms with E-state index in [0.717, 1.165) is 18.7 Å². The first-order valence-corrected chi connectivity index (χ1v) is 10.5. The molecule has 0 unspecified atom stereocenters. The molecule has 0 aromatic heterocycles. The first-order valence-electron chi connectivity index (χ1n) is 9.76. The first kappa shape index (κ1) is 21.5. The predicted octanol–water partition coefficient (Wildman–Crippen LogP) is 4.37. The van der Waals surface area contributed by atoms with Crippen LogP contribution in [0.15, 0.2) is 42.5 Å². The van der Waals surface area contributed by atoms with E-state index in [9.17, 15) is 9.59 Å². The van der Waals surface area contributed by atoms with Crippen LogP contribution in [-0.4, -0.2) is 43.4 Å². The van der Waals surface area contributed by atoms with Gasteiger partial charge >= 0.3 is 0 Å². The molecule has 154 valence electrons. The second-order valence-corrected chi connectivity index (χ2v) is 8.08. The third-order valence-electron chi connectivity index (χ3n) is 5.10. The van der Waals surface area contributed by atoms with Gasteiger partial charge in [-0.2, -0.15) is 0 Å². The lowest BCUT2D eigenvalue weighted by Gasteiger charge is -2.31. The average Bonchev–Trinajstić information content (AvgIpc) is 2.72. The van der Waals surface area contributed by atoms with Gasteiger partial charge in [0, 0.05) is 37.4 Å². The number of para-hydroxylation sites is 1. The van der Waals surface area contributed by atoms with E-state index in [0.29, 0.717) is 17.1 Å². The predicted molar refractivity (Wildman–Crippen MR) is 118 cm³/mol. The SMILES string of the molecule is CN(Cc1ccccc1N1CCCCC1)C(=O)CNC(=O)c1ccc(Cl)cc1Cl. The van der Waals surface area contributed by atoms with Crippen molar-refractivity contribution >= 4 is 40.7 Å². The lowest BCUT2D eigenvalue weighted by atomic mass is 10.1. The number of rotatable bonds is 6. The monoisotopic (exact) mass is 433 g/mol. The molecule has 1 N–H and O–H groups in total. The van der Waals surface area contributed by atoms with Crippen molar-refractivity contribution in [3.8, 4) is 0 Å². The molecule has 2 aromatic carbocycles. The fourth-order valence-electron chi connectivity index (χ4n) is 3.49. The van der Waals surface area contributed by atoms with Crippen LogP contribution in [0.2, 0.25) is 10.0 Å². The summed E-state index contributed by atoms with van der Waals surface area (Å²) in [7, 11) is 1.75. The zero-order valence-electron chi connectivity index (χ0n) is 16.5. The van der Waals surface area contributed by atoms with Crippen LogP contribution in [0.1, 0.15) is 35.2 Å². The number of amides is 2. The van der Waals surface area contributed by atoms with E-state index >= 15 is 0 Å². The van der Waals surface area contributed by atoms with Crippen LogP contribution >= 0.6 is 23.2 Å². The summed E-state index contributed by atoms with van der Waals surface area (Å²) in [6.07, 6.45) is 3.67. The van der Waals surface area contributed by atoms with Gasteiger partial charge in [-0.3, -0.25) is 9.59 Å². The fourth-order valence-corrected chi connectivity index (χ4v) is 3.99. The maximum absolute atomic E-state index is 12.6. The van der Waals surface area contributed by atoms with Crippen LogP contribution in [0.4, 0.5) is 5.69 Å². The Morgan fingerprint density at radius 2 is 1.79 bits per heavy atom. The Morgan fingerprint density at radius 1 is 1.07 bits per heavy atom. The van der Waals surface area contributed by atoms with Gasteiger partial charge in [0.25, 0.3) is 5.91 Å². The Bertz CT molecular complexity index is 882. The molecule has 0 atom stereocenters. The lowest BCUT2D eigenvalue weighted by Crippen LogP contribution is -2.38. The van der Waals surface area contributed by atoms with E-state index in [2.05, 4.69) is 22.3 Å². The zero-order chi connectivity index (χ0) is 20.8. The maximum atomic E-state index is 12.6. The minimum absolute atomic E-state index is 0.0971. The van der Waals surface area contributed by atoms with Crippen molar-refractivity contribution < 1.29 is 9.59 Å². The molecule has 5 nitrogen and oxygen atoms in total. The van der Waals surface area contributed by atoms with Crippen LogP contribution in [-0.2, 0) is 11.3 Å². The molecule has 29 heavy (non-hydrogen) atoms. The van der Waals surface area contributed by atoms with E-state index in [4.69, 9.17) is 23.2 Å². The molecule has 7 heteroatoms. The van der Waals surface area contributed by atoms with Crippen molar-refractivity contribution in [1.29, 1.82) is 0 Å². The van der Waals surface area contributed by atoms with Crippen molar-refractivity contribution in [2.24, 2.45) is 0 Å². The molecule has 1 heterocycles. The molecule has 1 aliphatic rings. The van der Waals surface area contributed by atoms with Crippen molar-refractivity contribution in [2.45, 2.75) is 25.8 Å². The number of carbonyl (C=O) groups is 2. The van der Waals surface area contributed by atoms with E-state index in [-0.39, 0.29) is 17.5 Å². The number of nitrogens with zero attached hydrogens (tertiary/aromatic N) is 2. The molecular formula is C22H25Cl2N3O2. The smallest absolute Gasteiger partial charge is 0.253 e. The largest absolute Gasteiger partial charge is 0.371 e. The first-order chi connectivity index (χ1) is 14.0. The topological polar surface area (TPSA) is 52.6 Å². The van der Waals surface area contributed by atoms with Crippen LogP contribution in [0.25, 0.3) is 0 Å². The molecule has 1 aliphatic heterocycles. The van der Waals surface area contributed by atoms with E-state index < -0.39 is 5.91 Å². The summed E-state index contributed by atoms with van der Waals surface area (Å²) in [5.74, 6) is -0.570. The number of piperidine rings is 1. The van der Waals surface area contributed by atoms with Crippen LogP contribution in [0.5, 0.6) is 0 Å². The van der Waals surface area contributed by atoms with Crippen LogP contribution in [0.3, 0.4) is 0 Å². The minimum Gasteiger partial charge on any atom is -0.371 e. The molecule has 1 fully saturated rings. The van der Waals surface area contributed by atoms with E-state index in [1.54, 1.807) is 24.1 Å². The van der Waals surface area contributed by atoms with Crippen molar-refractivity contribution in [3.63, 3.8) is 0 Å². The van der Waals surface area contributed by atoms with Gasteiger partial charge in [-0.15, -0.1) is 0 Å². The number of benzene rings is 2. The zero-order valence-corrected chi connectivity index (χ0v) is 18.0. The van der Waals surface area contributed by atoms with Gasteiger partial charge in [-0.05, 0) is 49.1 Å². The normalized spacial score (nSPS) is 13.8.